The molecule has 3 aliphatic heterocycles. The molecule has 1 aromatic rings. The number of nitrogens with one attached hydrogen (secondary N) is 1. The number of anilines is 1. The maximum Gasteiger partial charge on any atom is 0.328 e. The zero-order valence-corrected chi connectivity index (χ0v) is 17.5. The highest BCUT2D eigenvalue weighted by Gasteiger charge is 2.34. The number of carbonyl (C=O) groups is 2. The maximum absolute atomic E-state index is 9.55. The van der Waals surface area contributed by atoms with Gasteiger partial charge in [-0.1, -0.05) is 23.8 Å². The van der Waals surface area contributed by atoms with Crippen LogP contribution in [0.3, 0.4) is 0 Å². The van der Waals surface area contributed by atoms with Crippen LogP contribution >= 0.6 is 23.8 Å². The van der Waals surface area contributed by atoms with Gasteiger partial charge in [0, 0.05) is 30.8 Å². The number of fused-ring (bicyclic) bond motifs is 3. The fourth-order valence-electron chi connectivity index (χ4n) is 3.43. The summed E-state index contributed by atoms with van der Waals surface area (Å²) < 4.78 is 5.38. The highest BCUT2D eigenvalue weighted by Crippen LogP contribution is 2.31. The molecule has 0 amide bonds. The van der Waals surface area contributed by atoms with Crippen LogP contribution in [0.4, 0.5) is 5.69 Å². The van der Waals surface area contributed by atoms with Gasteiger partial charge in [-0.15, -0.1) is 0 Å². The maximum atomic E-state index is 9.55. The molecule has 8 nitrogen and oxygen atoms in total. The van der Waals surface area contributed by atoms with E-state index in [0.29, 0.717) is 45.6 Å². The molecule has 0 saturated carbocycles. The second-order valence-electron chi connectivity index (χ2n) is 6.80. The summed E-state index contributed by atoms with van der Waals surface area (Å²) >= 11 is 11.7. The molecule has 0 unspecified atom stereocenters. The van der Waals surface area contributed by atoms with Gasteiger partial charge in [0.25, 0.3) is 0 Å². The summed E-state index contributed by atoms with van der Waals surface area (Å²) in [6.45, 7) is 3.50. The fraction of sp³-hybridized carbons (Fsp3) is 0.421. The van der Waals surface area contributed by atoms with Crippen molar-refractivity contribution in [3.05, 3.63) is 34.9 Å². The molecular weight excluding hydrogens is 418 g/mol. The molecule has 0 spiro atoms. The van der Waals surface area contributed by atoms with Gasteiger partial charge in [0.2, 0.25) is 0 Å². The van der Waals surface area contributed by atoms with E-state index < -0.39 is 11.9 Å². The van der Waals surface area contributed by atoms with E-state index in [9.17, 15) is 9.59 Å². The first kappa shape index (κ1) is 22.9. The Labute approximate surface area is 179 Å². The largest absolute Gasteiger partial charge is 0.496 e. The highest BCUT2D eigenvalue weighted by atomic mass is 35.5. The van der Waals surface area contributed by atoms with Gasteiger partial charge in [-0.2, -0.15) is 0 Å². The van der Waals surface area contributed by atoms with Gasteiger partial charge in [0.1, 0.15) is 10.7 Å². The van der Waals surface area contributed by atoms with Gasteiger partial charge in [0.15, 0.2) is 0 Å². The topological polar surface area (TPSA) is 125 Å². The van der Waals surface area contributed by atoms with Gasteiger partial charge >= 0.3 is 11.9 Å². The standard InChI is InChI=1S/C15H20ClN3OS.C4H4O4/c1-20-14-7-12(17)11(16)6-10(14)15(21)18-13-8-19-4-2-9(13)3-5-19;5-3(6)1-2-4(7)8/h6-7,9,13H,2-5,8,17H2,1H3,(H,18,21);1-2H,(H,5,6)(H,7,8)/b;2-1+/t13-;/m0./s1. The summed E-state index contributed by atoms with van der Waals surface area (Å²) in [6.07, 6.45) is 3.62. The van der Waals surface area contributed by atoms with Gasteiger partial charge in [0.05, 0.1) is 23.4 Å². The zero-order valence-electron chi connectivity index (χ0n) is 15.9. The van der Waals surface area contributed by atoms with E-state index >= 15 is 0 Å². The zero-order chi connectivity index (χ0) is 21.6. The number of rotatable bonds is 5. The number of hydrogen-bond donors (Lipinski definition) is 4. The molecule has 3 aliphatic rings. The van der Waals surface area contributed by atoms with Crippen molar-refractivity contribution < 1.29 is 24.5 Å². The summed E-state index contributed by atoms with van der Waals surface area (Å²) in [4.78, 5) is 22.3. The lowest BCUT2D eigenvalue weighted by Crippen LogP contribution is -2.57. The Kier molecular flexibility index (Phi) is 8.24. The number of carboxylic acid groups (broad SMARTS) is 2. The Balaban J connectivity index is 0.000000321. The van der Waals surface area contributed by atoms with Crippen LogP contribution in [0.2, 0.25) is 5.02 Å². The summed E-state index contributed by atoms with van der Waals surface area (Å²) in [7, 11) is 1.61. The number of nitrogens with two attached hydrogens (primary N) is 1. The minimum absolute atomic E-state index is 0.418. The number of nitrogen functional groups attached to an aromatic ring is 1. The summed E-state index contributed by atoms with van der Waals surface area (Å²) in [5, 5.41) is 19.6. The Morgan fingerprint density at radius 3 is 2.31 bits per heavy atom. The number of carboxylic acids is 2. The number of nitrogens with zero attached hydrogens (tertiary/aromatic N) is 1. The molecule has 0 aliphatic carbocycles. The van der Waals surface area contributed by atoms with Crippen molar-refractivity contribution in [2.24, 2.45) is 5.92 Å². The van der Waals surface area contributed by atoms with E-state index in [4.69, 9.17) is 44.5 Å². The first-order chi connectivity index (χ1) is 13.7. The minimum Gasteiger partial charge on any atom is -0.496 e. The van der Waals surface area contributed by atoms with Crippen LogP contribution in [-0.2, 0) is 9.59 Å². The third-order valence-electron chi connectivity index (χ3n) is 4.90. The predicted molar refractivity (Wildman–Crippen MR) is 115 cm³/mol. The Hall–Kier alpha value is -2.36. The van der Waals surface area contributed by atoms with Crippen LogP contribution in [0.5, 0.6) is 5.75 Å². The van der Waals surface area contributed by atoms with E-state index in [2.05, 4.69) is 10.2 Å². The van der Waals surface area contributed by atoms with Gasteiger partial charge in [-0.25, -0.2) is 9.59 Å². The van der Waals surface area contributed by atoms with Crippen LogP contribution in [-0.4, -0.2) is 64.8 Å². The predicted octanol–water partition coefficient (Wildman–Crippen LogP) is 2.00. The number of hydrogen-bond acceptors (Lipinski definition) is 6. The SMILES string of the molecule is COc1cc(N)c(Cl)cc1C(=S)N[C@H]1CN2CCC1CC2.O=C(O)/C=C/C(=O)O. The third kappa shape index (κ3) is 6.59. The van der Waals surface area contributed by atoms with Crippen molar-refractivity contribution in [3.63, 3.8) is 0 Å². The Morgan fingerprint density at radius 2 is 1.86 bits per heavy atom. The first-order valence-corrected chi connectivity index (χ1v) is 9.80. The Morgan fingerprint density at radius 1 is 1.28 bits per heavy atom. The van der Waals surface area contributed by atoms with Crippen molar-refractivity contribution in [2.45, 2.75) is 18.9 Å². The van der Waals surface area contributed by atoms with Crippen LogP contribution in [0.1, 0.15) is 18.4 Å². The normalized spacial score (nSPS) is 22.5. The smallest absolute Gasteiger partial charge is 0.328 e. The molecule has 3 saturated heterocycles. The quantitative estimate of drug-likeness (QED) is 0.308. The molecule has 10 heteroatoms. The van der Waals surface area contributed by atoms with E-state index in [1.807, 2.05) is 0 Å². The average Bonchev–Trinajstić information content (AvgIpc) is 2.69. The number of ether oxygens (including phenoxy) is 1. The minimum atomic E-state index is -1.26. The van der Waals surface area contributed by atoms with E-state index in [1.54, 1.807) is 19.2 Å². The number of methoxy groups -OCH3 is 1. The molecule has 2 bridgehead atoms. The average molecular weight is 442 g/mol. The van der Waals surface area contributed by atoms with Crippen molar-refractivity contribution in [3.8, 4) is 5.75 Å². The molecule has 1 atom stereocenters. The Bertz CT molecular complexity index is 793. The van der Waals surface area contributed by atoms with Crippen LogP contribution in [0.15, 0.2) is 24.3 Å². The second-order valence-corrected chi connectivity index (χ2v) is 7.62. The summed E-state index contributed by atoms with van der Waals surface area (Å²) in [6, 6.07) is 3.93. The number of halogens is 1. The van der Waals surface area contributed by atoms with Crippen LogP contribution < -0.4 is 15.8 Å². The number of piperidine rings is 3. The first-order valence-electron chi connectivity index (χ1n) is 9.01. The summed E-state index contributed by atoms with van der Waals surface area (Å²) in [5.74, 6) is -1.14. The number of benzene rings is 1. The molecule has 5 N–H and O–H groups in total. The number of aliphatic carboxylic acids is 2. The van der Waals surface area contributed by atoms with E-state index in [0.717, 1.165) is 12.1 Å². The van der Waals surface area contributed by atoms with Gasteiger partial charge < -0.3 is 30.9 Å². The highest BCUT2D eigenvalue weighted by molar-refractivity contribution is 7.80. The van der Waals surface area contributed by atoms with E-state index in [1.165, 1.54) is 25.9 Å². The molecule has 0 radical (unpaired) electrons. The van der Waals surface area contributed by atoms with Crippen molar-refractivity contribution in [1.29, 1.82) is 0 Å². The molecule has 158 valence electrons. The lowest BCUT2D eigenvalue weighted by molar-refractivity contribution is -0.134. The lowest BCUT2D eigenvalue weighted by atomic mass is 9.84. The molecule has 1 aromatic carbocycles. The van der Waals surface area contributed by atoms with Crippen molar-refractivity contribution in [2.75, 3.05) is 32.5 Å². The summed E-state index contributed by atoms with van der Waals surface area (Å²) in [5.41, 5.74) is 7.13. The van der Waals surface area contributed by atoms with Gasteiger partial charge in [-0.05, 0) is 37.9 Å². The van der Waals surface area contributed by atoms with Crippen molar-refractivity contribution >= 4 is 46.4 Å². The second kappa shape index (κ2) is 10.4. The van der Waals surface area contributed by atoms with Crippen molar-refractivity contribution in [1.82, 2.24) is 10.2 Å². The van der Waals surface area contributed by atoms with Crippen LogP contribution in [0, 0.1) is 5.92 Å². The molecule has 3 heterocycles. The molecular formula is C19H24ClN3O5S. The monoisotopic (exact) mass is 441 g/mol. The third-order valence-corrected chi connectivity index (χ3v) is 5.57. The van der Waals surface area contributed by atoms with E-state index in [-0.39, 0.29) is 0 Å². The molecule has 0 aromatic heterocycles. The van der Waals surface area contributed by atoms with Gasteiger partial charge in [-0.3, -0.25) is 0 Å². The number of thiocarbonyl (C=S) groups is 1. The molecule has 4 rings (SSSR count). The lowest BCUT2D eigenvalue weighted by Gasteiger charge is -2.45. The fourth-order valence-corrected chi connectivity index (χ4v) is 3.91. The van der Waals surface area contributed by atoms with Crippen LogP contribution in [0.25, 0.3) is 0 Å². The molecule has 3 fully saturated rings. The molecule has 29 heavy (non-hydrogen) atoms.